The number of anilines is 1. The highest BCUT2D eigenvalue weighted by atomic mass is 127. The van der Waals surface area contributed by atoms with E-state index in [1.54, 1.807) is 18.2 Å². The standard InChI is InChI=1S/C9H5ClIN3OS/c10-6-3-5(1-2-7(6)11)9(15)13-8-4-12-14-16-8/h1-4H,(H,13,15). The predicted octanol–water partition coefficient (Wildman–Crippen LogP) is 3.05. The van der Waals surface area contributed by atoms with Gasteiger partial charge in [0.2, 0.25) is 0 Å². The lowest BCUT2D eigenvalue weighted by molar-refractivity contribution is 0.102. The van der Waals surface area contributed by atoms with Crippen LogP contribution in [0.3, 0.4) is 0 Å². The van der Waals surface area contributed by atoms with Gasteiger partial charge in [-0.2, -0.15) is 0 Å². The molecular weight excluding hydrogens is 361 g/mol. The molecule has 0 fully saturated rings. The van der Waals surface area contributed by atoms with E-state index < -0.39 is 0 Å². The lowest BCUT2D eigenvalue weighted by Gasteiger charge is -2.02. The van der Waals surface area contributed by atoms with Gasteiger partial charge in [-0.1, -0.05) is 16.1 Å². The zero-order chi connectivity index (χ0) is 11.5. The zero-order valence-electron chi connectivity index (χ0n) is 7.78. The van der Waals surface area contributed by atoms with Crippen LogP contribution in [0.2, 0.25) is 5.02 Å². The van der Waals surface area contributed by atoms with Crippen LogP contribution in [0.5, 0.6) is 0 Å². The molecule has 1 heterocycles. The molecule has 0 saturated carbocycles. The van der Waals surface area contributed by atoms with Crippen molar-refractivity contribution >= 4 is 56.6 Å². The highest BCUT2D eigenvalue weighted by Crippen LogP contribution is 2.20. The average molecular weight is 366 g/mol. The Morgan fingerprint density at radius 1 is 1.50 bits per heavy atom. The van der Waals surface area contributed by atoms with Crippen LogP contribution in [-0.2, 0) is 0 Å². The lowest BCUT2D eigenvalue weighted by Crippen LogP contribution is -2.10. The van der Waals surface area contributed by atoms with Crippen LogP contribution < -0.4 is 5.32 Å². The number of carbonyl (C=O) groups excluding carboxylic acids is 1. The van der Waals surface area contributed by atoms with E-state index in [0.29, 0.717) is 15.6 Å². The molecule has 0 aliphatic rings. The monoisotopic (exact) mass is 365 g/mol. The molecule has 16 heavy (non-hydrogen) atoms. The van der Waals surface area contributed by atoms with Gasteiger partial charge in [0.15, 0.2) is 0 Å². The van der Waals surface area contributed by atoms with Crippen molar-refractivity contribution < 1.29 is 4.79 Å². The molecule has 2 aromatic rings. The Labute approximate surface area is 114 Å². The minimum Gasteiger partial charge on any atom is -0.311 e. The van der Waals surface area contributed by atoms with Crippen molar-refractivity contribution in [1.82, 2.24) is 9.59 Å². The van der Waals surface area contributed by atoms with Gasteiger partial charge in [0, 0.05) is 20.7 Å². The molecule has 0 saturated heterocycles. The minimum atomic E-state index is -0.218. The van der Waals surface area contributed by atoms with E-state index in [1.165, 1.54) is 6.20 Å². The van der Waals surface area contributed by atoms with Crippen molar-refractivity contribution in [3.05, 3.63) is 38.6 Å². The van der Waals surface area contributed by atoms with Gasteiger partial charge in [-0.25, -0.2) is 0 Å². The van der Waals surface area contributed by atoms with Crippen LogP contribution in [0, 0.1) is 3.57 Å². The van der Waals surface area contributed by atoms with E-state index in [9.17, 15) is 4.79 Å². The maximum Gasteiger partial charge on any atom is 0.256 e. The van der Waals surface area contributed by atoms with Crippen molar-refractivity contribution in [2.45, 2.75) is 0 Å². The predicted molar refractivity (Wildman–Crippen MR) is 72.0 cm³/mol. The fraction of sp³-hybridized carbons (Fsp3) is 0. The van der Waals surface area contributed by atoms with Gasteiger partial charge in [0.25, 0.3) is 5.91 Å². The maximum absolute atomic E-state index is 11.8. The molecule has 2 rings (SSSR count). The van der Waals surface area contributed by atoms with E-state index in [-0.39, 0.29) is 5.91 Å². The highest BCUT2D eigenvalue weighted by Gasteiger charge is 2.09. The third kappa shape index (κ3) is 2.69. The number of nitrogens with zero attached hydrogens (tertiary/aromatic N) is 2. The first-order chi connectivity index (χ1) is 7.66. The highest BCUT2D eigenvalue weighted by molar-refractivity contribution is 14.1. The van der Waals surface area contributed by atoms with E-state index in [2.05, 4.69) is 37.5 Å². The fourth-order valence-electron chi connectivity index (χ4n) is 1.04. The van der Waals surface area contributed by atoms with Crippen LogP contribution in [0.1, 0.15) is 10.4 Å². The number of amides is 1. The summed E-state index contributed by atoms with van der Waals surface area (Å²) in [7, 11) is 0. The number of halogens is 2. The second-order valence-corrected chi connectivity index (χ2v) is 5.22. The topological polar surface area (TPSA) is 54.9 Å². The molecule has 1 aromatic carbocycles. The Hall–Kier alpha value is -0.730. The molecule has 82 valence electrons. The van der Waals surface area contributed by atoms with Crippen molar-refractivity contribution in [3.63, 3.8) is 0 Å². The normalized spacial score (nSPS) is 10.1. The maximum atomic E-state index is 11.8. The molecule has 0 aliphatic heterocycles. The molecule has 0 radical (unpaired) electrons. The molecule has 0 unspecified atom stereocenters. The number of rotatable bonds is 2. The summed E-state index contributed by atoms with van der Waals surface area (Å²) in [5.41, 5.74) is 0.513. The van der Waals surface area contributed by atoms with Gasteiger partial charge in [-0.05, 0) is 40.8 Å². The summed E-state index contributed by atoms with van der Waals surface area (Å²) in [6, 6.07) is 5.15. The fourth-order valence-corrected chi connectivity index (χ4v) is 1.97. The number of carbonyl (C=O) groups is 1. The number of nitrogens with one attached hydrogen (secondary N) is 1. The summed E-state index contributed by atoms with van der Waals surface area (Å²) in [4.78, 5) is 11.8. The van der Waals surface area contributed by atoms with Crippen LogP contribution in [0.4, 0.5) is 5.00 Å². The first-order valence-corrected chi connectivity index (χ1v) is 6.43. The Kier molecular flexibility index (Phi) is 3.72. The van der Waals surface area contributed by atoms with Gasteiger partial charge >= 0.3 is 0 Å². The number of aromatic nitrogens is 2. The second-order valence-electron chi connectivity index (χ2n) is 2.86. The van der Waals surface area contributed by atoms with E-state index >= 15 is 0 Å². The average Bonchev–Trinajstić information content (AvgIpc) is 2.74. The molecular formula is C9H5ClIN3OS. The summed E-state index contributed by atoms with van der Waals surface area (Å²) in [5.74, 6) is -0.218. The third-order valence-corrected chi connectivity index (χ3v) is 3.93. The first-order valence-electron chi connectivity index (χ1n) is 4.20. The third-order valence-electron chi connectivity index (χ3n) is 1.78. The van der Waals surface area contributed by atoms with Crippen LogP contribution in [0.25, 0.3) is 0 Å². The lowest BCUT2D eigenvalue weighted by atomic mass is 10.2. The van der Waals surface area contributed by atoms with Crippen molar-refractivity contribution in [2.75, 3.05) is 5.32 Å². The Bertz CT molecular complexity index is 517. The van der Waals surface area contributed by atoms with Gasteiger partial charge in [0.05, 0.1) is 11.2 Å². The summed E-state index contributed by atoms with van der Waals surface area (Å²) < 4.78 is 4.56. The van der Waals surface area contributed by atoms with Crippen molar-refractivity contribution in [1.29, 1.82) is 0 Å². The van der Waals surface area contributed by atoms with Gasteiger partial charge in [0.1, 0.15) is 5.00 Å². The summed E-state index contributed by atoms with van der Waals surface area (Å²) >= 11 is 9.16. The van der Waals surface area contributed by atoms with Gasteiger partial charge in [-0.3, -0.25) is 4.79 Å². The molecule has 1 aromatic heterocycles. The molecule has 0 bridgehead atoms. The number of hydrogen-bond donors (Lipinski definition) is 1. The molecule has 1 N–H and O–H groups in total. The summed E-state index contributed by atoms with van der Waals surface area (Å²) in [5, 5.41) is 7.48. The Morgan fingerprint density at radius 3 is 2.94 bits per heavy atom. The van der Waals surface area contributed by atoms with Crippen LogP contribution in [0.15, 0.2) is 24.4 Å². The van der Waals surface area contributed by atoms with E-state index in [1.807, 2.05) is 0 Å². The molecule has 0 spiro atoms. The molecule has 7 heteroatoms. The van der Waals surface area contributed by atoms with Gasteiger partial charge in [-0.15, -0.1) is 5.10 Å². The first kappa shape index (κ1) is 11.7. The Morgan fingerprint density at radius 2 is 2.31 bits per heavy atom. The van der Waals surface area contributed by atoms with Crippen LogP contribution in [-0.4, -0.2) is 15.5 Å². The summed E-state index contributed by atoms with van der Waals surface area (Å²) in [6.45, 7) is 0. The van der Waals surface area contributed by atoms with Crippen LogP contribution >= 0.6 is 45.7 Å². The van der Waals surface area contributed by atoms with E-state index in [0.717, 1.165) is 15.1 Å². The summed E-state index contributed by atoms with van der Waals surface area (Å²) in [6.07, 6.45) is 1.50. The number of hydrogen-bond acceptors (Lipinski definition) is 4. The molecule has 0 aliphatic carbocycles. The number of benzene rings is 1. The molecule has 1 amide bonds. The van der Waals surface area contributed by atoms with Crippen molar-refractivity contribution in [2.24, 2.45) is 0 Å². The van der Waals surface area contributed by atoms with Gasteiger partial charge < -0.3 is 5.32 Å². The molecule has 4 nitrogen and oxygen atoms in total. The van der Waals surface area contributed by atoms with Crippen molar-refractivity contribution in [3.8, 4) is 0 Å². The smallest absolute Gasteiger partial charge is 0.256 e. The van der Waals surface area contributed by atoms with E-state index in [4.69, 9.17) is 11.6 Å². The minimum absolute atomic E-state index is 0.218. The Balaban J connectivity index is 2.18. The quantitative estimate of drug-likeness (QED) is 0.832. The SMILES string of the molecule is O=C(Nc1cnns1)c1ccc(I)c(Cl)c1. The largest absolute Gasteiger partial charge is 0.311 e. The zero-order valence-corrected chi connectivity index (χ0v) is 11.5. The second kappa shape index (κ2) is 5.07. The molecule has 0 atom stereocenters.